The first-order chi connectivity index (χ1) is 10.0. The van der Waals surface area contributed by atoms with Gasteiger partial charge in [0.1, 0.15) is 0 Å². The van der Waals surface area contributed by atoms with Crippen LogP contribution in [-0.4, -0.2) is 46.6 Å². The van der Waals surface area contributed by atoms with Crippen LogP contribution < -0.4 is 10.1 Å². The average Bonchev–Trinajstić information content (AvgIpc) is 2.44. The number of aryl methyl sites for hydroxylation is 1. The SMILES string of the molecule is Cc1cc(OC(C)C)nc(NCC(C)N2CCCCC2)n1. The molecule has 118 valence electrons. The standard InChI is InChI=1S/C16H28N4O/c1-12(2)21-15-10-13(3)18-16(19-15)17-11-14(4)20-8-6-5-7-9-20/h10,12,14H,5-9,11H2,1-4H3,(H,17,18,19). The highest BCUT2D eigenvalue weighted by atomic mass is 16.5. The minimum atomic E-state index is 0.124. The molecule has 0 radical (unpaired) electrons. The summed E-state index contributed by atoms with van der Waals surface area (Å²) in [5, 5.41) is 3.35. The number of nitrogens with one attached hydrogen (secondary N) is 1. The number of ether oxygens (including phenoxy) is 1. The van der Waals surface area contributed by atoms with Gasteiger partial charge in [-0.25, -0.2) is 4.98 Å². The van der Waals surface area contributed by atoms with Crippen LogP contribution in [0.4, 0.5) is 5.95 Å². The molecule has 1 aliphatic heterocycles. The zero-order valence-electron chi connectivity index (χ0n) is 13.7. The smallest absolute Gasteiger partial charge is 0.226 e. The summed E-state index contributed by atoms with van der Waals surface area (Å²) in [7, 11) is 0. The van der Waals surface area contributed by atoms with Gasteiger partial charge in [0, 0.05) is 24.3 Å². The predicted molar refractivity (Wildman–Crippen MR) is 85.9 cm³/mol. The molecule has 0 spiro atoms. The molecule has 5 nitrogen and oxygen atoms in total. The Morgan fingerprint density at radius 1 is 1.19 bits per heavy atom. The van der Waals surface area contributed by atoms with Crippen LogP contribution in [0.25, 0.3) is 0 Å². The Labute approximate surface area is 128 Å². The van der Waals surface area contributed by atoms with Crippen molar-refractivity contribution in [3.05, 3.63) is 11.8 Å². The molecule has 0 aliphatic carbocycles. The second-order valence-electron chi connectivity index (χ2n) is 6.16. The molecule has 1 unspecified atom stereocenters. The highest BCUT2D eigenvalue weighted by Crippen LogP contribution is 2.15. The van der Waals surface area contributed by atoms with Gasteiger partial charge in [0.15, 0.2) is 0 Å². The summed E-state index contributed by atoms with van der Waals surface area (Å²) in [4.78, 5) is 11.4. The summed E-state index contributed by atoms with van der Waals surface area (Å²) >= 11 is 0. The van der Waals surface area contributed by atoms with Gasteiger partial charge in [-0.2, -0.15) is 4.98 Å². The zero-order chi connectivity index (χ0) is 15.2. The minimum Gasteiger partial charge on any atom is -0.475 e. The van der Waals surface area contributed by atoms with Gasteiger partial charge in [-0.1, -0.05) is 6.42 Å². The topological polar surface area (TPSA) is 50.3 Å². The molecule has 1 aromatic heterocycles. The fraction of sp³-hybridized carbons (Fsp3) is 0.750. The Balaban J connectivity index is 1.91. The molecular weight excluding hydrogens is 264 g/mol. The Morgan fingerprint density at radius 3 is 2.57 bits per heavy atom. The van der Waals surface area contributed by atoms with Crippen molar-refractivity contribution in [3.8, 4) is 5.88 Å². The van der Waals surface area contributed by atoms with Crippen molar-refractivity contribution in [2.45, 2.75) is 59.1 Å². The van der Waals surface area contributed by atoms with E-state index in [9.17, 15) is 0 Å². The average molecular weight is 292 g/mol. The lowest BCUT2D eigenvalue weighted by Crippen LogP contribution is -2.41. The van der Waals surface area contributed by atoms with E-state index in [1.165, 1.54) is 32.4 Å². The molecule has 0 amide bonds. The van der Waals surface area contributed by atoms with E-state index in [4.69, 9.17) is 4.74 Å². The maximum Gasteiger partial charge on any atom is 0.226 e. The quantitative estimate of drug-likeness (QED) is 0.873. The molecule has 2 rings (SSSR count). The van der Waals surface area contributed by atoms with E-state index in [0.717, 1.165) is 12.2 Å². The first kappa shape index (κ1) is 16.0. The largest absolute Gasteiger partial charge is 0.475 e. The summed E-state index contributed by atoms with van der Waals surface area (Å²) in [6.07, 6.45) is 4.13. The van der Waals surface area contributed by atoms with Gasteiger partial charge >= 0.3 is 0 Å². The van der Waals surface area contributed by atoms with Crippen LogP contribution in [0, 0.1) is 6.92 Å². The molecule has 0 bridgehead atoms. The molecule has 0 aromatic carbocycles. The fourth-order valence-electron chi connectivity index (χ4n) is 2.65. The molecule has 2 heterocycles. The lowest BCUT2D eigenvalue weighted by Gasteiger charge is -2.32. The first-order valence-electron chi connectivity index (χ1n) is 8.05. The molecule has 1 atom stereocenters. The third-order valence-corrected chi connectivity index (χ3v) is 3.76. The van der Waals surface area contributed by atoms with Crippen molar-refractivity contribution in [3.63, 3.8) is 0 Å². The number of piperidine rings is 1. The van der Waals surface area contributed by atoms with Crippen molar-refractivity contribution in [2.75, 3.05) is 25.0 Å². The number of anilines is 1. The summed E-state index contributed by atoms with van der Waals surface area (Å²) < 4.78 is 5.66. The monoisotopic (exact) mass is 292 g/mol. The zero-order valence-corrected chi connectivity index (χ0v) is 13.7. The predicted octanol–water partition coefficient (Wildman–Crippen LogP) is 2.86. The summed E-state index contributed by atoms with van der Waals surface area (Å²) in [6, 6.07) is 2.38. The summed E-state index contributed by atoms with van der Waals surface area (Å²) in [5.74, 6) is 1.31. The highest BCUT2D eigenvalue weighted by molar-refractivity contribution is 5.30. The number of likely N-dealkylation sites (tertiary alicyclic amines) is 1. The third-order valence-electron chi connectivity index (χ3n) is 3.76. The van der Waals surface area contributed by atoms with Crippen LogP contribution in [0.1, 0.15) is 45.7 Å². The Bertz CT molecular complexity index is 444. The van der Waals surface area contributed by atoms with E-state index in [1.807, 2.05) is 26.8 Å². The molecule has 1 aliphatic rings. The molecule has 21 heavy (non-hydrogen) atoms. The molecule has 1 aromatic rings. The van der Waals surface area contributed by atoms with Crippen molar-refractivity contribution in [1.29, 1.82) is 0 Å². The molecule has 1 saturated heterocycles. The Morgan fingerprint density at radius 2 is 1.90 bits per heavy atom. The maximum atomic E-state index is 5.66. The van der Waals surface area contributed by atoms with Crippen LogP contribution in [0.15, 0.2) is 6.07 Å². The van der Waals surface area contributed by atoms with E-state index in [-0.39, 0.29) is 6.10 Å². The number of rotatable bonds is 6. The normalized spacial score (nSPS) is 17.8. The Hall–Kier alpha value is -1.36. The van der Waals surface area contributed by atoms with E-state index in [0.29, 0.717) is 17.9 Å². The van der Waals surface area contributed by atoms with Gasteiger partial charge in [0.2, 0.25) is 11.8 Å². The number of nitrogens with zero attached hydrogens (tertiary/aromatic N) is 3. The second kappa shape index (κ2) is 7.59. The van der Waals surface area contributed by atoms with Gasteiger partial charge in [-0.15, -0.1) is 0 Å². The first-order valence-corrected chi connectivity index (χ1v) is 8.05. The van der Waals surface area contributed by atoms with Crippen LogP contribution in [0.3, 0.4) is 0 Å². The lowest BCUT2D eigenvalue weighted by molar-refractivity contribution is 0.180. The molecule has 1 N–H and O–H groups in total. The number of hydrogen-bond donors (Lipinski definition) is 1. The maximum absolute atomic E-state index is 5.66. The molecule has 0 saturated carbocycles. The van der Waals surface area contributed by atoms with E-state index >= 15 is 0 Å². The molecular formula is C16H28N4O. The lowest BCUT2D eigenvalue weighted by atomic mass is 10.1. The third kappa shape index (κ3) is 5.16. The minimum absolute atomic E-state index is 0.124. The van der Waals surface area contributed by atoms with Crippen LogP contribution in [0.5, 0.6) is 5.88 Å². The fourth-order valence-corrected chi connectivity index (χ4v) is 2.65. The highest BCUT2D eigenvalue weighted by Gasteiger charge is 2.16. The van der Waals surface area contributed by atoms with Gasteiger partial charge in [-0.3, -0.25) is 4.90 Å². The van der Waals surface area contributed by atoms with E-state index < -0.39 is 0 Å². The van der Waals surface area contributed by atoms with Gasteiger partial charge in [0.25, 0.3) is 0 Å². The van der Waals surface area contributed by atoms with Gasteiger partial charge < -0.3 is 10.1 Å². The van der Waals surface area contributed by atoms with E-state index in [1.54, 1.807) is 0 Å². The van der Waals surface area contributed by atoms with Crippen molar-refractivity contribution in [1.82, 2.24) is 14.9 Å². The van der Waals surface area contributed by atoms with E-state index in [2.05, 4.69) is 27.1 Å². The van der Waals surface area contributed by atoms with Crippen molar-refractivity contribution in [2.24, 2.45) is 0 Å². The van der Waals surface area contributed by atoms with Gasteiger partial charge in [-0.05, 0) is 53.6 Å². The Kier molecular flexibility index (Phi) is 5.79. The molecule has 1 fully saturated rings. The molecule has 5 heteroatoms. The van der Waals surface area contributed by atoms with Crippen LogP contribution >= 0.6 is 0 Å². The summed E-state index contributed by atoms with van der Waals surface area (Å²) in [6.45, 7) is 11.5. The van der Waals surface area contributed by atoms with Crippen molar-refractivity contribution < 1.29 is 4.74 Å². The summed E-state index contributed by atoms with van der Waals surface area (Å²) in [5.41, 5.74) is 0.925. The van der Waals surface area contributed by atoms with Crippen LogP contribution in [-0.2, 0) is 0 Å². The second-order valence-corrected chi connectivity index (χ2v) is 6.16. The van der Waals surface area contributed by atoms with Crippen LogP contribution in [0.2, 0.25) is 0 Å². The van der Waals surface area contributed by atoms with Gasteiger partial charge in [0.05, 0.1) is 6.10 Å². The number of hydrogen-bond acceptors (Lipinski definition) is 5. The van der Waals surface area contributed by atoms with Crippen molar-refractivity contribution >= 4 is 5.95 Å². The number of aromatic nitrogens is 2.